The molecule has 5 nitrogen and oxygen atoms in total. The first-order valence-corrected chi connectivity index (χ1v) is 5.40. The number of piperazine rings is 1. The van der Waals surface area contributed by atoms with Gasteiger partial charge in [-0.1, -0.05) is 12.1 Å². The molecule has 0 saturated carbocycles. The van der Waals surface area contributed by atoms with Gasteiger partial charge in [0.1, 0.15) is 5.69 Å². The molecule has 16 heavy (non-hydrogen) atoms. The van der Waals surface area contributed by atoms with Gasteiger partial charge in [0.15, 0.2) is 0 Å². The lowest BCUT2D eigenvalue weighted by Gasteiger charge is -2.30. The van der Waals surface area contributed by atoms with E-state index in [9.17, 15) is 10.1 Å². The van der Waals surface area contributed by atoms with Crippen molar-refractivity contribution in [2.24, 2.45) is 0 Å². The van der Waals surface area contributed by atoms with E-state index >= 15 is 0 Å². The van der Waals surface area contributed by atoms with Gasteiger partial charge in [0.2, 0.25) is 0 Å². The summed E-state index contributed by atoms with van der Waals surface area (Å²) in [5, 5.41) is 14.2. The molecule has 0 aliphatic carbocycles. The minimum atomic E-state index is -0.301. The van der Waals surface area contributed by atoms with Crippen LogP contribution >= 0.6 is 0 Å². The van der Waals surface area contributed by atoms with Crippen LogP contribution in [0.25, 0.3) is 0 Å². The number of nitro benzene ring substituents is 1. The molecule has 0 aromatic heterocycles. The molecule has 0 spiro atoms. The Bertz CT molecular complexity index is 400. The lowest BCUT2D eigenvalue weighted by molar-refractivity contribution is -0.384. The van der Waals surface area contributed by atoms with E-state index in [-0.39, 0.29) is 10.6 Å². The summed E-state index contributed by atoms with van der Waals surface area (Å²) in [6, 6.07) is 5.23. The highest BCUT2D eigenvalue weighted by Crippen LogP contribution is 2.31. The molecule has 0 radical (unpaired) electrons. The van der Waals surface area contributed by atoms with E-state index in [0.29, 0.717) is 0 Å². The van der Waals surface area contributed by atoms with Crippen molar-refractivity contribution in [1.29, 1.82) is 0 Å². The number of nitro groups is 1. The third kappa shape index (κ3) is 1.99. The number of hydrogen-bond acceptors (Lipinski definition) is 4. The molecule has 1 aromatic rings. The molecule has 0 unspecified atom stereocenters. The monoisotopic (exact) mass is 221 g/mol. The lowest BCUT2D eigenvalue weighted by Crippen LogP contribution is -2.44. The van der Waals surface area contributed by atoms with Gasteiger partial charge in [0, 0.05) is 32.2 Å². The first kappa shape index (κ1) is 10.9. The first-order chi connectivity index (χ1) is 7.70. The van der Waals surface area contributed by atoms with E-state index in [2.05, 4.69) is 10.2 Å². The number of anilines is 1. The molecule has 0 atom stereocenters. The average Bonchev–Trinajstić information content (AvgIpc) is 2.29. The Morgan fingerprint density at radius 1 is 1.38 bits per heavy atom. The summed E-state index contributed by atoms with van der Waals surface area (Å²) < 4.78 is 0. The third-order valence-corrected chi connectivity index (χ3v) is 2.85. The maximum absolute atomic E-state index is 11.0. The van der Waals surface area contributed by atoms with Crippen LogP contribution in [0, 0.1) is 17.0 Å². The molecule has 1 aliphatic heterocycles. The molecular weight excluding hydrogens is 206 g/mol. The Labute approximate surface area is 94.2 Å². The fourth-order valence-electron chi connectivity index (χ4n) is 2.09. The van der Waals surface area contributed by atoms with Crippen molar-refractivity contribution in [3.63, 3.8) is 0 Å². The topological polar surface area (TPSA) is 58.4 Å². The minimum absolute atomic E-state index is 0.210. The average molecular weight is 221 g/mol. The molecule has 2 rings (SSSR count). The number of hydrogen-bond donors (Lipinski definition) is 1. The summed E-state index contributed by atoms with van der Waals surface area (Å²) in [7, 11) is 0. The van der Waals surface area contributed by atoms with Crippen molar-refractivity contribution >= 4 is 11.4 Å². The van der Waals surface area contributed by atoms with Crippen molar-refractivity contribution in [3.8, 4) is 0 Å². The Morgan fingerprint density at radius 3 is 2.69 bits per heavy atom. The third-order valence-electron chi connectivity index (χ3n) is 2.85. The zero-order valence-electron chi connectivity index (χ0n) is 9.27. The highest BCUT2D eigenvalue weighted by molar-refractivity contribution is 5.67. The van der Waals surface area contributed by atoms with E-state index in [0.717, 1.165) is 37.4 Å². The van der Waals surface area contributed by atoms with Crippen LogP contribution in [0.5, 0.6) is 0 Å². The predicted molar refractivity (Wildman–Crippen MR) is 62.9 cm³/mol. The predicted octanol–water partition coefficient (Wildman–Crippen LogP) is 1.31. The Balaban J connectivity index is 2.40. The SMILES string of the molecule is Cc1cccc([N+](=O)[O-])c1N1CCNCC1. The second-order valence-corrected chi connectivity index (χ2v) is 3.94. The van der Waals surface area contributed by atoms with Gasteiger partial charge in [0.05, 0.1) is 4.92 Å². The minimum Gasteiger partial charge on any atom is -0.363 e. The number of aryl methyl sites for hydroxylation is 1. The van der Waals surface area contributed by atoms with Gasteiger partial charge in [-0.25, -0.2) is 0 Å². The van der Waals surface area contributed by atoms with Crippen LogP contribution in [0.4, 0.5) is 11.4 Å². The van der Waals surface area contributed by atoms with Crippen LogP contribution in [0.3, 0.4) is 0 Å². The van der Waals surface area contributed by atoms with Gasteiger partial charge in [-0.05, 0) is 12.5 Å². The summed E-state index contributed by atoms with van der Waals surface area (Å²) in [6.45, 7) is 5.33. The first-order valence-electron chi connectivity index (χ1n) is 5.40. The number of para-hydroxylation sites is 1. The van der Waals surface area contributed by atoms with Crippen molar-refractivity contribution in [2.45, 2.75) is 6.92 Å². The van der Waals surface area contributed by atoms with Crippen LogP contribution in [-0.2, 0) is 0 Å². The van der Waals surface area contributed by atoms with E-state index < -0.39 is 0 Å². The number of nitrogens with one attached hydrogen (secondary N) is 1. The van der Waals surface area contributed by atoms with Crippen molar-refractivity contribution < 1.29 is 4.92 Å². The van der Waals surface area contributed by atoms with E-state index in [4.69, 9.17) is 0 Å². The Morgan fingerprint density at radius 2 is 2.06 bits per heavy atom. The summed E-state index contributed by atoms with van der Waals surface area (Å²) >= 11 is 0. The van der Waals surface area contributed by atoms with Crippen LogP contribution in [0.1, 0.15) is 5.56 Å². The lowest BCUT2D eigenvalue weighted by atomic mass is 10.1. The standard InChI is InChI=1S/C11H15N3O2/c1-9-3-2-4-10(14(15)16)11(9)13-7-5-12-6-8-13/h2-4,12H,5-8H2,1H3. The molecular formula is C11H15N3O2. The summed E-state index contributed by atoms with van der Waals surface area (Å²) in [5.41, 5.74) is 1.95. The normalized spacial score (nSPS) is 16.2. The molecule has 0 amide bonds. The molecule has 5 heteroatoms. The fraction of sp³-hybridized carbons (Fsp3) is 0.455. The zero-order chi connectivity index (χ0) is 11.5. The number of rotatable bonds is 2. The van der Waals surface area contributed by atoms with E-state index in [1.165, 1.54) is 0 Å². The Hall–Kier alpha value is -1.62. The highest BCUT2D eigenvalue weighted by Gasteiger charge is 2.22. The van der Waals surface area contributed by atoms with Gasteiger partial charge >= 0.3 is 0 Å². The molecule has 1 aliphatic rings. The van der Waals surface area contributed by atoms with Gasteiger partial charge in [-0.2, -0.15) is 0 Å². The molecule has 1 fully saturated rings. The van der Waals surface area contributed by atoms with Gasteiger partial charge in [-0.3, -0.25) is 10.1 Å². The van der Waals surface area contributed by atoms with Crippen molar-refractivity contribution in [1.82, 2.24) is 5.32 Å². The largest absolute Gasteiger partial charge is 0.363 e. The molecule has 1 saturated heterocycles. The summed E-state index contributed by atoms with van der Waals surface area (Å²) in [4.78, 5) is 12.8. The molecule has 1 aromatic carbocycles. The van der Waals surface area contributed by atoms with E-state index in [1.54, 1.807) is 12.1 Å². The maximum atomic E-state index is 11.0. The molecule has 86 valence electrons. The van der Waals surface area contributed by atoms with Crippen molar-refractivity contribution in [2.75, 3.05) is 31.1 Å². The van der Waals surface area contributed by atoms with Crippen LogP contribution in [-0.4, -0.2) is 31.1 Å². The fourth-order valence-corrected chi connectivity index (χ4v) is 2.09. The molecule has 1 N–H and O–H groups in total. The molecule has 1 heterocycles. The highest BCUT2D eigenvalue weighted by atomic mass is 16.6. The number of nitrogens with zero attached hydrogens (tertiary/aromatic N) is 2. The summed E-state index contributed by atoms with van der Waals surface area (Å²) in [5.74, 6) is 0. The van der Waals surface area contributed by atoms with Crippen LogP contribution in [0.2, 0.25) is 0 Å². The molecule has 0 bridgehead atoms. The smallest absolute Gasteiger partial charge is 0.292 e. The van der Waals surface area contributed by atoms with Gasteiger partial charge < -0.3 is 10.2 Å². The van der Waals surface area contributed by atoms with Crippen molar-refractivity contribution in [3.05, 3.63) is 33.9 Å². The van der Waals surface area contributed by atoms with Crippen LogP contribution < -0.4 is 10.2 Å². The second-order valence-electron chi connectivity index (χ2n) is 3.94. The maximum Gasteiger partial charge on any atom is 0.292 e. The van der Waals surface area contributed by atoms with Gasteiger partial charge in [0.25, 0.3) is 5.69 Å². The Kier molecular flexibility index (Phi) is 3.05. The van der Waals surface area contributed by atoms with Crippen LogP contribution in [0.15, 0.2) is 18.2 Å². The number of benzene rings is 1. The zero-order valence-corrected chi connectivity index (χ0v) is 9.27. The second kappa shape index (κ2) is 4.49. The van der Waals surface area contributed by atoms with Gasteiger partial charge in [-0.15, -0.1) is 0 Å². The quantitative estimate of drug-likeness (QED) is 0.604. The summed E-state index contributed by atoms with van der Waals surface area (Å²) in [6.07, 6.45) is 0. The van der Waals surface area contributed by atoms with E-state index in [1.807, 2.05) is 13.0 Å².